The molecule has 0 atom stereocenters. The minimum Gasteiger partial charge on any atom is -0.398 e. The van der Waals surface area contributed by atoms with Crippen LogP contribution in [0.2, 0.25) is 0 Å². The summed E-state index contributed by atoms with van der Waals surface area (Å²) < 4.78 is 0. The van der Waals surface area contributed by atoms with Gasteiger partial charge in [-0.25, -0.2) is 0 Å². The summed E-state index contributed by atoms with van der Waals surface area (Å²) >= 11 is 0. The van der Waals surface area contributed by atoms with Crippen LogP contribution in [0.4, 0.5) is 11.4 Å². The van der Waals surface area contributed by atoms with Crippen LogP contribution in [-0.4, -0.2) is 4.92 Å². The van der Waals surface area contributed by atoms with Crippen LogP contribution in [0.25, 0.3) is 0 Å². The highest BCUT2D eigenvalue weighted by Gasteiger charge is 2.21. The van der Waals surface area contributed by atoms with Gasteiger partial charge in [0.1, 0.15) is 0 Å². The molecule has 0 aliphatic carbocycles. The average molecular weight is 208 g/mol. The smallest absolute Gasteiger partial charge is 0.270 e. The maximum atomic E-state index is 10.7. The van der Waals surface area contributed by atoms with Gasteiger partial charge in [0, 0.05) is 17.8 Å². The molecule has 0 aliphatic heterocycles. The minimum atomic E-state index is -0.387. The molecule has 0 unspecified atom stereocenters. The maximum Gasteiger partial charge on any atom is 0.270 e. The summed E-state index contributed by atoms with van der Waals surface area (Å²) in [6.07, 6.45) is 0. The number of non-ortho nitro benzene ring substituents is 1. The van der Waals surface area contributed by atoms with E-state index in [-0.39, 0.29) is 16.0 Å². The van der Waals surface area contributed by atoms with Gasteiger partial charge >= 0.3 is 0 Å². The Hall–Kier alpha value is -1.58. The zero-order valence-corrected chi connectivity index (χ0v) is 9.50. The summed E-state index contributed by atoms with van der Waals surface area (Å²) in [5.41, 5.74) is 8.07. The van der Waals surface area contributed by atoms with Crippen LogP contribution < -0.4 is 5.73 Å². The molecule has 0 fully saturated rings. The van der Waals surface area contributed by atoms with Gasteiger partial charge in [-0.2, -0.15) is 0 Å². The lowest BCUT2D eigenvalue weighted by Gasteiger charge is -2.22. The summed E-state index contributed by atoms with van der Waals surface area (Å²) in [6, 6.07) is 3.06. The molecule has 82 valence electrons. The van der Waals surface area contributed by atoms with Crippen molar-refractivity contribution in [3.8, 4) is 0 Å². The van der Waals surface area contributed by atoms with E-state index in [0.717, 1.165) is 11.1 Å². The predicted octanol–water partition coefficient (Wildman–Crippen LogP) is 2.78. The quantitative estimate of drug-likeness (QED) is 0.438. The Morgan fingerprint density at radius 2 is 1.87 bits per heavy atom. The second kappa shape index (κ2) is 3.53. The van der Waals surface area contributed by atoms with Crippen LogP contribution in [-0.2, 0) is 5.41 Å². The molecule has 15 heavy (non-hydrogen) atoms. The SMILES string of the molecule is Cc1cc([N+](=O)[O-])cc(C(C)(C)C)c1N. The fraction of sp³-hybridized carbons (Fsp3) is 0.455. The van der Waals surface area contributed by atoms with E-state index >= 15 is 0 Å². The zero-order chi connectivity index (χ0) is 11.8. The van der Waals surface area contributed by atoms with Gasteiger partial charge in [0.25, 0.3) is 5.69 Å². The first-order valence-electron chi connectivity index (χ1n) is 4.78. The van der Waals surface area contributed by atoms with E-state index in [1.807, 2.05) is 20.8 Å². The van der Waals surface area contributed by atoms with E-state index in [1.165, 1.54) is 6.07 Å². The van der Waals surface area contributed by atoms with E-state index in [2.05, 4.69) is 0 Å². The lowest BCUT2D eigenvalue weighted by atomic mass is 9.84. The molecule has 0 aliphatic rings. The number of nitro benzene ring substituents is 1. The van der Waals surface area contributed by atoms with Gasteiger partial charge in [-0.3, -0.25) is 10.1 Å². The summed E-state index contributed by atoms with van der Waals surface area (Å²) in [4.78, 5) is 10.3. The Labute approximate surface area is 89.2 Å². The first-order valence-corrected chi connectivity index (χ1v) is 4.78. The normalized spacial score (nSPS) is 11.5. The number of nitrogen functional groups attached to an aromatic ring is 1. The minimum absolute atomic E-state index is 0.103. The van der Waals surface area contributed by atoms with Gasteiger partial charge in [0.15, 0.2) is 0 Å². The molecule has 0 saturated carbocycles. The third-order valence-electron chi connectivity index (χ3n) is 2.39. The molecule has 1 rings (SSSR count). The first kappa shape index (κ1) is 11.5. The highest BCUT2D eigenvalue weighted by molar-refractivity contribution is 5.60. The van der Waals surface area contributed by atoms with Crippen molar-refractivity contribution < 1.29 is 4.92 Å². The number of aryl methyl sites for hydroxylation is 1. The topological polar surface area (TPSA) is 69.2 Å². The molecular formula is C11H16N2O2. The molecule has 0 radical (unpaired) electrons. The summed E-state index contributed by atoms with van der Waals surface area (Å²) in [7, 11) is 0. The standard InChI is InChI=1S/C11H16N2O2/c1-7-5-8(13(14)15)6-9(10(7)12)11(2,3)4/h5-6H,12H2,1-4H3. The average Bonchev–Trinajstić information content (AvgIpc) is 2.06. The van der Waals surface area contributed by atoms with Gasteiger partial charge in [0.05, 0.1) is 4.92 Å². The summed E-state index contributed by atoms with van der Waals surface area (Å²) in [6.45, 7) is 7.75. The molecule has 0 spiro atoms. The van der Waals surface area contributed by atoms with E-state index < -0.39 is 0 Å². The Bertz CT molecular complexity index is 406. The third kappa shape index (κ3) is 2.26. The van der Waals surface area contributed by atoms with Gasteiger partial charge in [0.2, 0.25) is 0 Å². The van der Waals surface area contributed by atoms with E-state index in [4.69, 9.17) is 5.73 Å². The molecule has 0 heterocycles. The van der Waals surface area contributed by atoms with Gasteiger partial charge < -0.3 is 5.73 Å². The number of nitrogens with two attached hydrogens (primary N) is 1. The molecule has 1 aromatic carbocycles. The highest BCUT2D eigenvalue weighted by atomic mass is 16.6. The third-order valence-corrected chi connectivity index (χ3v) is 2.39. The van der Waals surface area contributed by atoms with Crippen LogP contribution in [0.3, 0.4) is 0 Å². The second-order valence-electron chi connectivity index (χ2n) is 4.73. The molecular weight excluding hydrogens is 192 g/mol. The number of hydrogen-bond donors (Lipinski definition) is 1. The van der Waals surface area contributed by atoms with Crippen molar-refractivity contribution in [1.29, 1.82) is 0 Å². The molecule has 0 amide bonds. The molecule has 0 saturated heterocycles. The van der Waals surface area contributed by atoms with Gasteiger partial charge in [-0.05, 0) is 23.5 Å². The molecule has 0 aromatic heterocycles. The Kier molecular flexibility index (Phi) is 2.71. The fourth-order valence-electron chi connectivity index (χ4n) is 1.51. The Morgan fingerprint density at radius 3 is 2.27 bits per heavy atom. The summed E-state index contributed by atoms with van der Waals surface area (Å²) in [5, 5.41) is 10.7. The van der Waals surface area contributed by atoms with Crippen molar-refractivity contribution in [1.82, 2.24) is 0 Å². The Balaban J connectivity index is 3.45. The number of anilines is 1. The van der Waals surface area contributed by atoms with Crippen LogP contribution in [0.5, 0.6) is 0 Å². The van der Waals surface area contributed by atoms with Crippen molar-refractivity contribution in [2.24, 2.45) is 0 Å². The zero-order valence-electron chi connectivity index (χ0n) is 9.50. The van der Waals surface area contributed by atoms with Crippen LogP contribution in [0.1, 0.15) is 31.9 Å². The lowest BCUT2D eigenvalue weighted by Crippen LogP contribution is -2.15. The van der Waals surface area contributed by atoms with Gasteiger partial charge in [-0.15, -0.1) is 0 Å². The maximum absolute atomic E-state index is 10.7. The number of hydrogen-bond acceptors (Lipinski definition) is 3. The fourth-order valence-corrected chi connectivity index (χ4v) is 1.51. The first-order chi connectivity index (χ1) is 6.73. The molecule has 0 bridgehead atoms. The van der Waals surface area contributed by atoms with Crippen molar-refractivity contribution in [3.05, 3.63) is 33.4 Å². The molecule has 4 nitrogen and oxygen atoms in total. The molecule has 1 aromatic rings. The van der Waals surface area contributed by atoms with Crippen molar-refractivity contribution >= 4 is 11.4 Å². The second-order valence-corrected chi connectivity index (χ2v) is 4.73. The van der Waals surface area contributed by atoms with Crippen LogP contribution in [0, 0.1) is 17.0 Å². The molecule has 2 N–H and O–H groups in total. The number of rotatable bonds is 1. The van der Waals surface area contributed by atoms with Crippen molar-refractivity contribution in [3.63, 3.8) is 0 Å². The number of benzene rings is 1. The van der Waals surface area contributed by atoms with Crippen LogP contribution in [0.15, 0.2) is 12.1 Å². The summed E-state index contributed by atoms with van der Waals surface area (Å²) in [5.74, 6) is 0. The predicted molar refractivity (Wildman–Crippen MR) is 60.9 cm³/mol. The monoisotopic (exact) mass is 208 g/mol. The highest BCUT2D eigenvalue weighted by Crippen LogP contribution is 2.33. The number of nitrogens with zero attached hydrogens (tertiary/aromatic N) is 1. The molecule has 4 heteroatoms. The lowest BCUT2D eigenvalue weighted by molar-refractivity contribution is -0.385. The van der Waals surface area contributed by atoms with Crippen molar-refractivity contribution in [2.45, 2.75) is 33.1 Å². The Morgan fingerprint density at radius 1 is 1.33 bits per heavy atom. The van der Waals surface area contributed by atoms with Gasteiger partial charge in [-0.1, -0.05) is 20.8 Å². The largest absolute Gasteiger partial charge is 0.398 e. The van der Waals surface area contributed by atoms with Crippen molar-refractivity contribution in [2.75, 3.05) is 5.73 Å². The van der Waals surface area contributed by atoms with E-state index in [0.29, 0.717) is 5.69 Å². The van der Waals surface area contributed by atoms with E-state index in [9.17, 15) is 10.1 Å². The van der Waals surface area contributed by atoms with E-state index in [1.54, 1.807) is 13.0 Å². The van der Waals surface area contributed by atoms with Crippen LogP contribution >= 0.6 is 0 Å². The number of nitro groups is 1.